The number of benzene rings is 1. The Bertz CT molecular complexity index is 608. The zero-order valence-corrected chi connectivity index (χ0v) is 12.4. The molecular weight excluding hydrogens is 272 g/mol. The average molecular weight is 292 g/mol. The number of fused-ring (bicyclic) bond motifs is 5. The molecule has 4 rings (SSSR count). The smallest absolute Gasteiger partial charge is 0.243 e. The molecule has 0 aromatic heterocycles. The van der Waals surface area contributed by atoms with E-state index in [1.54, 1.807) is 12.1 Å². The lowest BCUT2D eigenvalue weighted by atomic mass is 9.82. The van der Waals surface area contributed by atoms with Crippen molar-refractivity contribution in [1.82, 2.24) is 9.62 Å². The summed E-state index contributed by atoms with van der Waals surface area (Å²) in [5.41, 5.74) is 1.09. The van der Waals surface area contributed by atoms with Gasteiger partial charge in [-0.05, 0) is 56.8 Å². The minimum absolute atomic E-state index is 0.214. The van der Waals surface area contributed by atoms with Crippen LogP contribution in [-0.4, -0.2) is 37.9 Å². The van der Waals surface area contributed by atoms with E-state index in [-0.39, 0.29) is 12.1 Å². The van der Waals surface area contributed by atoms with Crippen molar-refractivity contribution in [2.24, 2.45) is 11.8 Å². The summed E-state index contributed by atoms with van der Waals surface area (Å²) < 4.78 is 27.7. The summed E-state index contributed by atoms with van der Waals surface area (Å²) in [6.45, 7) is 3.93. The standard InChI is InChI=1S/C15H20N2O2S/c1-10-2-4-11(5-3-10)20(18,19)17-14-6-7-15(17)13-9-16-8-12(13)14/h2-5,12-16H,6-9H2,1H3/t12-,13+,14-,15+. The molecule has 3 aliphatic heterocycles. The first-order valence-electron chi connectivity index (χ1n) is 7.40. The molecule has 3 aliphatic rings. The van der Waals surface area contributed by atoms with Gasteiger partial charge in [0, 0.05) is 12.1 Å². The van der Waals surface area contributed by atoms with Gasteiger partial charge in [-0.25, -0.2) is 8.42 Å². The van der Waals surface area contributed by atoms with Crippen molar-refractivity contribution in [2.45, 2.75) is 36.7 Å². The minimum Gasteiger partial charge on any atom is -0.316 e. The van der Waals surface area contributed by atoms with Gasteiger partial charge in [0.25, 0.3) is 0 Å². The largest absolute Gasteiger partial charge is 0.316 e. The molecule has 5 heteroatoms. The summed E-state index contributed by atoms with van der Waals surface area (Å²) in [5, 5.41) is 3.42. The third-order valence-corrected chi connectivity index (χ3v) is 7.27. The van der Waals surface area contributed by atoms with Gasteiger partial charge in [0.2, 0.25) is 10.0 Å². The highest BCUT2D eigenvalue weighted by Gasteiger charge is 2.58. The Morgan fingerprint density at radius 2 is 1.60 bits per heavy atom. The molecule has 4 atom stereocenters. The molecule has 108 valence electrons. The Morgan fingerprint density at radius 3 is 2.15 bits per heavy atom. The summed E-state index contributed by atoms with van der Waals surface area (Å²) in [4.78, 5) is 0.452. The molecule has 2 bridgehead atoms. The van der Waals surface area contributed by atoms with Gasteiger partial charge in [-0.3, -0.25) is 0 Å². The third-order valence-electron chi connectivity index (χ3n) is 5.31. The highest BCUT2D eigenvalue weighted by atomic mass is 32.2. The lowest BCUT2D eigenvalue weighted by molar-refractivity contribution is 0.354. The SMILES string of the molecule is Cc1ccc(S(=O)(=O)N2[C@@H]3CC[C@H]2[C@H]2CNC[C@H]23)cc1. The van der Waals surface area contributed by atoms with Crippen LogP contribution in [0.25, 0.3) is 0 Å². The van der Waals surface area contributed by atoms with Gasteiger partial charge >= 0.3 is 0 Å². The van der Waals surface area contributed by atoms with Crippen LogP contribution in [0, 0.1) is 18.8 Å². The molecule has 20 heavy (non-hydrogen) atoms. The molecule has 0 amide bonds. The Morgan fingerprint density at radius 1 is 1.05 bits per heavy atom. The van der Waals surface area contributed by atoms with Crippen LogP contribution in [0.5, 0.6) is 0 Å². The molecule has 1 N–H and O–H groups in total. The van der Waals surface area contributed by atoms with Gasteiger partial charge < -0.3 is 5.32 Å². The van der Waals surface area contributed by atoms with E-state index >= 15 is 0 Å². The van der Waals surface area contributed by atoms with Gasteiger partial charge in [-0.2, -0.15) is 4.31 Å². The Hall–Kier alpha value is -0.910. The highest BCUT2D eigenvalue weighted by molar-refractivity contribution is 7.89. The Labute approximate surface area is 120 Å². The summed E-state index contributed by atoms with van der Waals surface area (Å²) >= 11 is 0. The molecule has 0 saturated carbocycles. The fourth-order valence-corrected chi connectivity index (χ4v) is 6.36. The topological polar surface area (TPSA) is 49.4 Å². The van der Waals surface area contributed by atoms with E-state index in [9.17, 15) is 8.42 Å². The summed E-state index contributed by atoms with van der Waals surface area (Å²) in [6.07, 6.45) is 2.05. The first-order chi connectivity index (χ1) is 9.59. The summed E-state index contributed by atoms with van der Waals surface area (Å²) in [7, 11) is -3.33. The maximum absolute atomic E-state index is 12.9. The number of rotatable bonds is 2. The number of nitrogens with one attached hydrogen (secondary N) is 1. The predicted octanol–water partition coefficient (Wildman–Crippen LogP) is 1.37. The van der Waals surface area contributed by atoms with Crippen molar-refractivity contribution >= 4 is 10.0 Å². The van der Waals surface area contributed by atoms with E-state index in [0.29, 0.717) is 16.7 Å². The molecule has 3 fully saturated rings. The zero-order valence-electron chi connectivity index (χ0n) is 11.6. The average Bonchev–Trinajstić information content (AvgIpc) is 3.11. The van der Waals surface area contributed by atoms with Crippen LogP contribution in [0.15, 0.2) is 29.2 Å². The Balaban J connectivity index is 1.72. The van der Waals surface area contributed by atoms with Gasteiger partial charge in [-0.15, -0.1) is 0 Å². The van der Waals surface area contributed by atoms with Crippen molar-refractivity contribution in [3.8, 4) is 0 Å². The fourth-order valence-electron chi connectivity index (χ4n) is 4.40. The van der Waals surface area contributed by atoms with E-state index < -0.39 is 10.0 Å². The maximum Gasteiger partial charge on any atom is 0.243 e. The van der Waals surface area contributed by atoms with Gasteiger partial charge in [0.05, 0.1) is 4.90 Å². The fraction of sp³-hybridized carbons (Fsp3) is 0.600. The number of hydrogen-bond acceptors (Lipinski definition) is 3. The summed E-state index contributed by atoms with van der Waals surface area (Å²) in [6, 6.07) is 7.69. The third kappa shape index (κ3) is 1.63. The molecular formula is C15H20N2O2S. The van der Waals surface area contributed by atoms with Gasteiger partial charge in [0.1, 0.15) is 0 Å². The second-order valence-corrected chi connectivity index (χ2v) is 8.19. The molecule has 0 aliphatic carbocycles. The predicted molar refractivity (Wildman–Crippen MR) is 76.9 cm³/mol. The van der Waals surface area contributed by atoms with E-state index in [1.165, 1.54) is 0 Å². The van der Waals surface area contributed by atoms with Crippen molar-refractivity contribution in [3.05, 3.63) is 29.8 Å². The molecule has 1 aromatic carbocycles. The molecule has 3 heterocycles. The highest BCUT2D eigenvalue weighted by Crippen LogP contribution is 2.49. The first-order valence-corrected chi connectivity index (χ1v) is 8.84. The van der Waals surface area contributed by atoms with Crippen LogP contribution in [0.1, 0.15) is 18.4 Å². The number of nitrogens with zero attached hydrogens (tertiary/aromatic N) is 1. The van der Waals surface area contributed by atoms with Crippen LogP contribution in [0.3, 0.4) is 0 Å². The normalized spacial score (nSPS) is 36.5. The molecule has 0 spiro atoms. The first kappa shape index (κ1) is 12.8. The van der Waals surface area contributed by atoms with Crippen molar-refractivity contribution in [2.75, 3.05) is 13.1 Å². The lowest BCUT2D eigenvalue weighted by Crippen LogP contribution is -2.39. The van der Waals surface area contributed by atoms with Crippen molar-refractivity contribution in [1.29, 1.82) is 0 Å². The van der Waals surface area contributed by atoms with E-state index in [0.717, 1.165) is 31.5 Å². The summed E-state index contributed by atoms with van der Waals surface area (Å²) in [5.74, 6) is 1.04. The second kappa shape index (κ2) is 4.29. The van der Waals surface area contributed by atoms with Crippen molar-refractivity contribution in [3.63, 3.8) is 0 Å². The van der Waals surface area contributed by atoms with Crippen LogP contribution >= 0.6 is 0 Å². The number of aryl methyl sites for hydroxylation is 1. The van der Waals surface area contributed by atoms with E-state index in [4.69, 9.17) is 0 Å². The van der Waals surface area contributed by atoms with Crippen LogP contribution in [-0.2, 0) is 10.0 Å². The monoisotopic (exact) mass is 292 g/mol. The molecule has 4 nitrogen and oxygen atoms in total. The molecule has 0 unspecified atom stereocenters. The molecule has 1 aromatic rings. The van der Waals surface area contributed by atoms with E-state index in [1.807, 2.05) is 23.4 Å². The quantitative estimate of drug-likeness (QED) is 0.895. The zero-order chi connectivity index (χ0) is 13.9. The molecule has 0 radical (unpaired) electrons. The van der Waals surface area contributed by atoms with Crippen LogP contribution < -0.4 is 5.32 Å². The van der Waals surface area contributed by atoms with Gasteiger partial charge in [-0.1, -0.05) is 17.7 Å². The lowest BCUT2D eigenvalue weighted by Gasteiger charge is -2.24. The molecule has 3 saturated heterocycles. The van der Waals surface area contributed by atoms with Crippen LogP contribution in [0.2, 0.25) is 0 Å². The van der Waals surface area contributed by atoms with Crippen LogP contribution in [0.4, 0.5) is 0 Å². The van der Waals surface area contributed by atoms with Gasteiger partial charge in [0.15, 0.2) is 0 Å². The second-order valence-electron chi connectivity index (χ2n) is 6.35. The number of hydrogen-bond donors (Lipinski definition) is 1. The van der Waals surface area contributed by atoms with E-state index in [2.05, 4.69) is 5.32 Å². The van der Waals surface area contributed by atoms with Crippen molar-refractivity contribution < 1.29 is 8.42 Å². The maximum atomic E-state index is 12.9. The minimum atomic E-state index is -3.33. The Kier molecular flexibility index (Phi) is 2.75. The number of sulfonamides is 1.